The molecule has 0 spiro atoms. The van der Waals surface area contributed by atoms with Crippen LogP contribution in [-0.2, 0) is 4.74 Å². The highest BCUT2D eigenvalue weighted by molar-refractivity contribution is 6.33. The molecular formula is C24H24ClF5N2O3. The van der Waals surface area contributed by atoms with Crippen molar-refractivity contribution >= 4 is 17.6 Å². The minimum absolute atomic E-state index is 0.0582. The fourth-order valence-electron chi connectivity index (χ4n) is 5.09. The second-order valence-electron chi connectivity index (χ2n) is 9.38. The summed E-state index contributed by atoms with van der Waals surface area (Å²) >= 11 is 6.35. The Kier molecular flexibility index (Phi) is 6.72. The smallest absolute Gasteiger partial charge is 0.391 e. The lowest BCUT2D eigenvalue weighted by Crippen LogP contribution is -2.34. The fourth-order valence-corrected chi connectivity index (χ4v) is 5.34. The zero-order valence-electron chi connectivity index (χ0n) is 19.1. The predicted octanol–water partition coefficient (Wildman–Crippen LogP) is 6.53. The van der Waals surface area contributed by atoms with Crippen molar-refractivity contribution in [3.8, 4) is 11.3 Å². The molecule has 2 heterocycles. The number of hydrogen-bond donors (Lipinski definition) is 1. The Hall–Kier alpha value is -2.49. The average molecular weight is 519 g/mol. The first-order chi connectivity index (χ1) is 16.3. The zero-order valence-corrected chi connectivity index (χ0v) is 19.8. The molecule has 0 saturated heterocycles. The monoisotopic (exact) mass is 518 g/mol. The topological polar surface area (TPSA) is 72.1 Å². The molecule has 5 nitrogen and oxygen atoms in total. The summed E-state index contributed by atoms with van der Waals surface area (Å²) in [6.45, 7) is 1.50. The summed E-state index contributed by atoms with van der Waals surface area (Å²) in [6, 6.07) is 1.66. The first kappa shape index (κ1) is 25.6. The van der Waals surface area contributed by atoms with Crippen LogP contribution in [0.2, 0.25) is 5.02 Å². The second kappa shape index (κ2) is 9.19. The quantitative estimate of drug-likeness (QED) is 0.369. The van der Waals surface area contributed by atoms with Crippen molar-refractivity contribution in [2.24, 2.45) is 5.92 Å². The number of H-pyrrole nitrogens is 1. The maximum Gasteiger partial charge on any atom is 0.391 e. The van der Waals surface area contributed by atoms with Gasteiger partial charge >= 0.3 is 12.1 Å². The van der Waals surface area contributed by atoms with E-state index in [2.05, 4.69) is 14.7 Å². The van der Waals surface area contributed by atoms with Crippen LogP contribution in [0.25, 0.3) is 11.3 Å². The summed E-state index contributed by atoms with van der Waals surface area (Å²) in [5.41, 5.74) is 0.817. The Balaban J connectivity index is 1.78. The van der Waals surface area contributed by atoms with Crippen LogP contribution in [-0.4, -0.2) is 35.1 Å². The summed E-state index contributed by atoms with van der Waals surface area (Å²) in [4.78, 5) is 32.2. The maximum atomic E-state index is 13.5. The van der Waals surface area contributed by atoms with Crippen LogP contribution < -0.4 is 5.43 Å². The molecule has 2 fully saturated rings. The molecule has 2 aliphatic carbocycles. The first-order valence-electron chi connectivity index (χ1n) is 11.3. The second-order valence-corrected chi connectivity index (χ2v) is 9.76. The number of pyridine rings is 2. The number of aromatic nitrogens is 2. The number of aromatic amines is 1. The number of methoxy groups -OCH3 is 1. The average Bonchev–Trinajstić information content (AvgIpc) is 2.79. The van der Waals surface area contributed by atoms with Crippen molar-refractivity contribution in [2.45, 2.75) is 69.4 Å². The van der Waals surface area contributed by atoms with E-state index in [1.54, 1.807) is 6.07 Å². The SMILES string of the molecule is COC(=O)c1c(C)[nH]c(-c2cnc(C3CC(F)(F)C3)cc2C2CCC(C(F)(F)F)CC2)c(Cl)c1=O. The molecular weight excluding hydrogens is 495 g/mol. The lowest BCUT2D eigenvalue weighted by Gasteiger charge is -2.35. The highest BCUT2D eigenvalue weighted by atomic mass is 35.5. The number of rotatable bonds is 4. The summed E-state index contributed by atoms with van der Waals surface area (Å²) in [7, 11) is 1.13. The van der Waals surface area contributed by atoms with Crippen molar-refractivity contribution < 1.29 is 31.5 Å². The Morgan fingerprint density at radius 3 is 2.34 bits per heavy atom. The minimum Gasteiger partial charge on any atom is -0.465 e. The van der Waals surface area contributed by atoms with Gasteiger partial charge in [-0.25, -0.2) is 13.6 Å². The van der Waals surface area contributed by atoms with Gasteiger partial charge in [0, 0.05) is 41.9 Å². The van der Waals surface area contributed by atoms with Crippen molar-refractivity contribution in [1.29, 1.82) is 0 Å². The van der Waals surface area contributed by atoms with Crippen molar-refractivity contribution in [2.75, 3.05) is 7.11 Å². The number of esters is 1. The van der Waals surface area contributed by atoms with Crippen LogP contribution in [0.4, 0.5) is 22.0 Å². The van der Waals surface area contributed by atoms with E-state index in [1.165, 1.54) is 13.1 Å². The molecule has 4 rings (SSSR count). The van der Waals surface area contributed by atoms with Gasteiger partial charge in [-0.15, -0.1) is 0 Å². The van der Waals surface area contributed by atoms with Gasteiger partial charge in [-0.3, -0.25) is 9.78 Å². The molecule has 2 aromatic rings. The van der Waals surface area contributed by atoms with Gasteiger partial charge in [0.05, 0.1) is 18.7 Å². The van der Waals surface area contributed by atoms with Crippen LogP contribution in [0.15, 0.2) is 17.1 Å². The normalized spacial score (nSPS) is 22.5. The Labute approximate surface area is 203 Å². The van der Waals surface area contributed by atoms with E-state index in [9.17, 15) is 31.5 Å². The van der Waals surface area contributed by atoms with Gasteiger partial charge in [-0.05, 0) is 50.2 Å². The Bertz CT molecular complexity index is 1190. The number of aryl methyl sites for hydroxylation is 1. The zero-order chi connectivity index (χ0) is 25.7. The molecule has 0 radical (unpaired) electrons. The summed E-state index contributed by atoms with van der Waals surface area (Å²) < 4.78 is 71.2. The lowest BCUT2D eigenvalue weighted by atomic mass is 9.74. The van der Waals surface area contributed by atoms with Crippen LogP contribution in [0.5, 0.6) is 0 Å². The van der Waals surface area contributed by atoms with Gasteiger partial charge in [0.2, 0.25) is 11.4 Å². The molecule has 190 valence electrons. The van der Waals surface area contributed by atoms with E-state index in [4.69, 9.17) is 11.6 Å². The molecule has 2 saturated carbocycles. The summed E-state index contributed by atoms with van der Waals surface area (Å²) in [5.74, 6) is -5.76. The van der Waals surface area contributed by atoms with E-state index < -0.39 is 35.3 Å². The fraction of sp³-hybridized carbons (Fsp3) is 0.542. The van der Waals surface area contributed by atoms with E-state index >= 15 is 0 Å². The summed E-state index contributed by atoms with van der Waals surface area (Å²) in [5, 5.41) is -0.286. The largest absolute Gasteiger partial charge is 0.465 e. The van der Waals surface area contributed by atoms with Crippen LogP contribution in [0.3, 0.4) is 0 Å². The van der Waals surface area contributed by atoms with E-state index in [-0.39, 0.29) is 66.4 Å². The molecule has 0 bridgehead atoms. The van der Waals surface area contributed by atoms with Gasteiger partial charge in [0.25, 0.3) is 0 Å². The number of hydrogen-bond acceptors (Lipinski definition) is 4. The van der Waals surface area contributed by atoms with E-state index in [1.807, 2.05) is 0 Å². The molecule has 2 aromatic heterocycles. The van der Waals surface area contributed by atoms with Gasteiger partial charge < -0.3 is 9.72 Å². The Morgan fingerprint density at radius 1 is 1.17 bits per heavy atom. The third-order valence-corrected chi connectivity index (χ3v) is 7.45. The van der Waals surface area contributed by atoms with Crippen LogP contribution in [0, 0.1) is 12.8 Å². The lowest BCUT2D eigenvalue weighted by molar-refractivity contribution is -0.182. The highest BCUT2D eigenvalue weighted by Gasteiger charge is 2.47. The van der Waals surface area contributed by atoms with Crippen molar-refractivity contribution in [3.05, 3.63) is 50.0 Å². The molecule has 1 N–H and O–H groups in total. The first-order valence-corrected chi connectivity index (χ1v) is 11.7. The third kappa shape index (κ3) is 4.94. The molecule has 0 amide bonds. The number of halogens is 6. The number of ether oxygens (including phenoxy) is 1. The van der Waals surface area contributed by atoms with Gasteiger partial charge in [-0.2, -0.15) is 13.2 Å². The van der Waals surface area contributed by atoms with Gasteiger partial charge in [-0.1, -0.05) is 11.6 Å². The molecule has 2 aliphatic rings. The number of nitrogens with one attached hydrogen (secondary N) is 1. The minimum atomic E-state index is -4.27. The highest BCUT2D eigenvalue weighted by Crippen LogP contribution is 2.50. The number of nitrogens with zero attached hydrogens (tertiary/aromatic N) is 1. The molecule has 35 heavy (non-hydrogen) atoms. The third-order valence-electron chi connectivity index (χ3n) is 7.09. The molecule has 0 unspecified atom stereocenters. The number of alkyl halides is 5. The molecule has 0 aliphatic heterocycles. The standard InChI is InChI=1S/C24H24ClF5N2O3/c1-11-18(22(34)35-2)21(33)19(25)20(32-11)16-10-31-17(13-8-23(26,27)9-13)7-15(16)12-3-5-14(6-4-12)24(28,29)30/h7,10,12-14H,3-6,8-9H2,1-2H3,(H,32,33). The molecule has 11 heteroatoms. The molecule has 0 aromatic carbocycles. The number of carbonyl (C=O) groups is 1. The van der Waals surface area contributed by atoms with Crippen molar-refractivity contribution in [3.63, 3.8) is 0 Å². The van der Waals surface area contributed by atoms with E-state index in [0.29, 0.717) is 16.8 Å². The van der Waals surface area contributed by atoms with Crippen molar-refractivity contribution in [1.82, 2.24) is 9.97 Å². The van der Waals surface area contributed by atoms with Crippen LogP contribution >= 0.6 is 11.6 Å². The van der Waals surface area contributed by atoms with Crippen LogP contribution in [0.1, 0.15) is 77.7 Å². The number of carbonyl (C=O) groups excluding carboxylic acids is 1. The van der Waals surface area contributed by atoms with Gasteiger partial charge in [0.15, 0.2) is 0 Å². The molecule has 0 atom stereocenters. The predicted molar refractivity (Wildman–Crippen MR) is 119 cm³/mol. The summed E-state index contributed by atoms with van der Waals surface area (Å²) in [6.07, 6.45) is -3.18. The maximum absolute atomic E-state index is 13.5. The van der Waals surface area contributed by atoms with E-state index in [0.717, 1.165) is 7.11 Å². The van der Waals surface area contributed by atoms with Gasteiger partial charge in [0.1, 0.15) is 10.6 Å². The Morgan fingerprint density at radius 2 is 1.80 bits per heavy atom.